The summed E-state index contributed by atoms with van der Waals surface area (Å²) in [7, 11) is 0. The maximum Gasteiger partial charge on any atom is 0.220 e. The summed E-state index contributed by atoms with van der Waals surface area (Å²) in [6.07, 6.45) is 0. The van der Waals surface area contributed by atoms with Crippen molar-refractivity contribution >= 4 is 5.84 Å². The topological polar surface area (TPSA) is 80.7 Å². The quantitative estimate of drug-likeness (QED) is 0.385. The van der Waals surface area contributed by atoms with E-state index in [1.807, 2.05) is 6.92 Å². The standard InChI is InChI=1S/C13H12FN3O2/c1-8-5-6-9(14)11(7-8)19-12-4-2-3-10(16-12)13(15)17-18/h2-7,18H,1H3,(H2,15,17). The molecule has 3 N–H and O–H groups in total. The second kappa shape index (κ2) is 5.34. The van der Waals surface area contributed by atoms with Gasteiger partial charge < -0.3 is 15.7 Å². The summed E-state index contributed by atoms with van der Waals surface area (Å²) < 4.78 is 18.9. The number of benzene rings is 1. The van der Waals surface area contributed by atoms with Crippen LogP contribution in [0.3, 0.4) is 0 Å². The van der Waals surface area contributed by atoms with Crippen molar-refractivity contribution < 1.29 is 14.3 Å². The SMILES string of the molecule is Cc1ccc(F)c(Oc2cccc(C(N)=NO)n2)c1. The third-order valence-corrected chi connectivity index (χ3v) is 2.39. The highest BCUT2D eigenvalue weighted by Crippen LogP contribution is 2.24. The zero-order chi connectivity index (χ0) is 13.8. The Bertz CT molecular complexity index is 629. The van der Waals surface area contributed by atoms with E-state index in [-0.39, 0.29) is 23.2 Å². The Hall–Kier alpha value is -2.63. The molecule has 0 atom stereocenters. The van der Waals surface area contributed by atoms with Crippen LogP contribution >= 0.6 is 0 Å². The van der Waals surface area contributed by atoms with Crippen molar-refractivity contribution in [2.45, 2.75) is 6.92 Å². The van der Waals surface area contributed by atoms with Gasteiger partial charge in [-0.2, -0.15) is 0 Å². The Morgan fingerprint density at radius 2 is 2.16 bits per heavy atom. The van der Waals surface area contributed by atoms with E-state index in [2.05, 4.69) is 10.1 Å². The van der Waals surface area contributed by atoms with Gasteiger partial charge in [0.2, 0.25) is 5.88 Å². The van der Waals surface area contributed by atoms with Crippen molar-refractivity contribution in [1.29, 1.82) is 0 Å². The highest BCUT2D eigenvalue weighted by Gasteiger charge is 2.08. The number of oxime groups is 1. The largest absolute Gasteiger partial charge is 0.436 e. The van der Waals surface area contributed by atoms with E-state index in [4.69, 9.17) is 15.7 Å². The van der Waals surface area contributed by atoms with Crippen LogP contribution in [-0.4, -0.2) is 16.0 Å². The first-order valence-electron chi connectivity index (χ1n) is 5.49. The molecule has 2 aromatic rings. The molecule has 0 aliphatic rings. The van der Waals surface area contributed by atoms with Gasteiger partial charge in [0.25, 0.3) is 0 Å². The van der Waals surface area contributed by atoms with E-state index in [1.165, 1.54) is 6.07 Å². The number of aromatic nitrogens is 1. The first-order valence-corrected chi connectivity index (χ1v) is 5.49. The predicted octanol–water partition coefficient (Wildman–Crippen LogP) is 2.42. The van der Waals surface area contributed by atoms with Gasteiger partial charge in [0.15, 0.2) is 17.4 Å². The lowest BCUT2D eigenvalue weighted by Crippen LogP contribution is -2.14. The van der Waals surface area contributed by atoms with Gasteiger partial charge in [0.1, 0.15) is 5.69 Å². The minimum atomic E-state index is -0.485. The Morgan fingerprint density at radius 1 is 1.37 bits per heavy atom. The molecule has 1 heterocycles. The molecule has 0 amide bonds. The molecule has 98 valence electrons. The van der Waals surface area contributed by atoms with E-state index in [9.17, 15) is 4.39 Å². The van der Waals surface area contributed by atoms with Crippen molar-refractivity contribution in [3.63, 3.8) is 0 Å². The molecule has 5 nitrogen and oxygen atoms in total. The van der Waals surface area contributed by atoms with Crippen molar-refractivity contribution in [3.8, 4) is 11.6 Å². The van der Waals surface area contributed by atoms with Crippen molar-refractivity contribution in [1.82, 2.24) is 4.98 Å². The summed E-state index contributed by atoms with van der Waals surface area (Å²) in [4.78, 5) is 4.00. The van der Waals surface area contributed by atoms with Gasteiger partial charge in [-0.05, 0) is 30.7 Å². The molecule has 1 aromatic carbocycles. The molecule has 0 aliphatic carbocycles. The summed E-state index contributed by atoms with van der Waals surface area (Å²) in [6, 6.07) is 9.24. The molecule has 19 heavy (non-hydrogen) atoms. The molecule has 0 spiro atoms. The summed E-state index contributed by atoms with van der Waals surface area (Å²) >= 11 is 0. The normalized spacial score (nSPS) is 11.4. The number of hydrogen-bond acceptors (Lipinski definition) is 4. The number of aryl methyl sites for hydroxylation is 1. The van der Waals surface area contributed by atoms with Gasteiger partial charge in [-0.3, -0.25) is 0 Å². The number of nitrogens with zero attached hydrogens (tertiary/aromatic N) is 2. The molecule has 0 unspecified atom stereocenters. The molecule has 0 saturated carbocycles. The summed E-state index contributed by atoms with van der Waals surface area (Å²) in [5.41, 5.74) is 6.53. The monoisotopic (exact) mass is 261 g/mol. The first-order chi connectivity index (χ1) is 9.10. The maximum atomic E-state index is 13.5. The molecule has 0 aliphatic heterocycles. The molecule has 1 aromatic heterocycles. The lowest BCUT2D eigenvalue weighted by molar-refractivity contribution is 0.318. The van der Waals surface area contributed by atoms with Crippen LogP contribution in [0.2, 0.25) is 0 Å². The number of nitrogens with two attached hydrogens (primary N) is 1. The fraction of sp³-hybridized carbons (Fsp3) is 0.0769. The number of rotatable bonds is 3. The van der Waals surface area contributed by atoms with Crippen LogP contribution in [0.25, 0.3) is 0 Å². The van der Waals surface area contributed by atoms with Crippen LogP contribution in [0.1, 0.15) is 11.3 Å². The number of halogens is 1. The summed E-state index contributed by atoms with van der Waals surface area (Å²) in [5.74, 6) is -0.394. The van der Waals surface area contributed by atoms with E-state index < -0.39 is 5.82 Å². The van der Waals surface area contributed by atoms with Gasteiger partial charge in [-0.1, -0.05) is 17.3 Å². The summed E-state index contributed by atoms with van der Waals surface area (Å²) in [6.45, 7) is 1.83. The molecular weight excluding hydrogens is 249 g/mol. The highest BCUT2D eigenvalue weighted by molar-refractivity contribution is 5.95. The zero-order valence-electron chi connectivity index (χ0n) is 10.2. The van der Waals surface area contributed by atoms with E-state index in [0.29, 0.717) is 0 Å². The van der Waals surface area contributed by atoms with Gasteiger partial charge in [-0.15, -0.1) is 0 Å². The third kappa shape index (κ3) is 2.98. The highest BCUT2D eigenvalue weighted by atomic mass is 19.1. The van der Waals surface area contributed by atoms with Crippen LogP contribution in [-0.2, 0) is 0 Å². The third-order valence-electron chi connectivity index (χ3n) is 2.39. The van der Waals surface area contributed by atoms with E-state index in [1.54, 1.807) is 30.3 Å². The number of amidine groups is 1. The van der Waals surface area contributed by atoms with Gasteiger partial charge in [0, 0.05) is 6.07 Å². The number of ether oxygens (including phenoxy) is 1. The van der Waals surface area contributed by atoms with Gasteiger partial charge in [-0.25, -0.2) is 9.37 Å². The zero-order valence-corrected chi connectivity index (χ0v) is 10.2. The van der Waals surface area contributed by atoms with Crippen molar-refractivity contribution in [2.75, 3.05) is 0 Å². The van der Waals surface area contributed by atoms with Crippen LogP contribution < -0.4 is 10.5 Å². The average Bonchev–Trinajstić information content (AvgIpc) is 2.42. The Labute approximate surface area is 109 Å². The second-order valence-electron chi connectivity index (χ2n) is 3.88. The Balaban J connectivity index is 2.31. The molecule has 0 radical (unpaired) electrons. The minimum absolute atomic E-state index is 0.0733. The summed E-state index contributed by atoms with van der Waals surface area (Å²) in [5, 5.41) is 11.4. The van der Waals surface area contributed by atoms with Gasteiger partial charge in [0.05, 0.1) is 0 Å². The fourth-order valence-corrected chi connectivity index (χ4v) is 1.47. The lowest BCUT2D eigenvalue weighted by Gasteiger charge is -2.07. The van der Waals surface area contributed by atoms with E-state index >= 15 is 0 Å². The second-order valence-corrected chi connectivity index (χ2v) is 3.88. The molecule has 0 saturated heterocycles. The van der Waals surface area contributed by atoms with Crippen LogP contribution in [0, 0.1) is 12.7 Å². The van der Waals surface area contributed by atoms with Crippen molar-refractivity contribution in [3.05, 3.63) is 53.5 Å². The average molecular weight is 261 g/mol. The van der Waals surface area contributed by atoms with Crippen LogP contribution in [0.4, 0.5) is 4.39 Å². The molecule has 0 fully saturated rings. The fourth-order valence-electron chi connectivity index (χ4n) is 1.47. The maximum absolute atomic E-state index is 13.5. The molecule has 6 heteroatoms. The van der Waals surface area contributed by atoms with Gasteiger partial charge >= 0.3 is 0 Å². The lowest BCUT2D eigenvalue weighted by atomic mass is 10.2. The molecule has 0 bridgehead atoms. The predicted molar refractivity (Wildman–Crippen MR) is 68.0 cm³/mol. The van der Waals surface area contributed by atoms with Crippen molar-refractivity contribution in [2.24, 2.45) is 10.9 Å². The first kappa shape index (κ1) is 12.8. The smallest absolute Gasteiger partial charge is 0.220 e. The molecule has 2 rings (SSSR count). The van der Waals surface area contributed by atoms with Crippen LogP contribution in [0.15, 0.2) is 41.6 Å². The Kier molecular flexibility index (Phi) is 3.61. The molecular formula is C13H12FN3O2. The Morgan fingerprint density at radius 3 is 2.89 bits per heavy atom. The van der Waals surface area contributed by atoms with E-state index in [0.717, 1.165) is 5.56 Å². The minimum Gasteiger partial charge on any atom is -0.436 e. The number of hydrogen-bond donors (Lipinski definition) is 2. The number of pyridine rings is 1. The van der Waals surface area contributed by atoms with Crippen LogP contribution in [0.5, 0.6) is 11.6 Å².